The molecule has 2 heterocycles. The summed E-state index contributed by atoms with van der Waals surface area (Å²) in [6, 6.07) is 19.0. The lowest BCUT2D eigenvalue weighted by atomic mass is 10.0. The highest BCUT2D eigenvalue weighted by atomic mass is 15.3. The molecule has 0 saturated carbocycles. The van der Waals surface area contributed by atoms with Crippen LogP contribution in [0.25, 0.3) is 0 Å². The summed E-state index contributed by atoms with van der Waals surface area (Å²) >= 11 is 0. The summed E-state index contributed by atoms with van der Waals surface area (Å²) in [6.45, 7) is 1.79. The molecule has 0 bridgehead atoms. The van der Waals surface area contributed by atoms with Crippen molar-refractivity contribution in [3.8, 4) is 0 Å². The van der Waals surface area contributed by atoms with E-state index in [1.807, 2.05) is 0 Å². The summed E-state index contributed by atoms with van der Waals surface area (Å²) in [5.41, 5.74) is 3.91. The van der Waals surface area contributed by atoms with E-state index in [4.69, 9.17) is 0 Å². The first-order chi connectivity index (χ1) is 12.9. The number of para-hydroxylation sites is 1. The van der Waals surface area contributed by atoms with Crippen LogP contribution in [0.1, 0.15) is 24.0 Å². The molecule has 0 amide bonds. The van der Waals surface area contributed by atoms with Gasteiger partial charge in [0.25, 0.3) is 5.95 Å². The van der Waals surface area contributed by atoms with E-state index in [0.717, 1.165) is 44.6 Å². The third kappa shape index (κ3) is 3.82. The highest BCUT2D eigenvalue weighted by Crippen LogP contribution is 2.31. The number of aromatic nitrogens is 3. The molecule has 26 heavy (non-hydrogen) atoms. The Morgan fingerprint density at radius 3 is 2.77 bits per heavy atom. The minimum Gasteiger partial charge on any atom is -0.369 e. The van der Waals surface area contributed by atoms with Crippen molar-refractivity contribution in [1.29, 1.82) is 0 Å². The van der Waals surface area contributed by atoms with Gasteiger partial charge in [0, 0.05) is 18.8 Å². The van der Waals surface area contributed by atoms with E-state index in [0.29, 0.717) is 5.95 Å². The molecule has 0 atom stereocenters. The van der Waals surface area contributed by atoms with Gasteiger partial charge in [0.15, 0.2) is 5.82 Å². The molecule has 1 N–H and O–H groups in total. The van der Waals surface area contributed by atoms with E-state index in [1.54, 1.807) is 6.20 Å². The minimum atomic E-state index is 0.671. The molecule has 1 aromatic heterocycles. The minimum absolute atomic E-state index is 0.671. The fourth-order valence-corrected chi connectivity index (χ4v) is 3.39. The molecule has 2 aromatic carbocycles. The van der Waals surface area contributed by atoms with Gasteiger partial charge in [0.2, 0.25) is 0 Å². The third-order valence-electron chi connectivity index (χ3n) is 4.69. The molecule has 0 unspecified atom stereocenters. The lowest BCUT2D eigenvalue weighted by Crippen LogP contribution is -2.26. The van der Waals surface area contributed by atoms with Crippen LogP contribution in [0, 0.1) is 0 Å². The quantitative estimate of drug-likeness (QED) is 0.684. The fourth-order valence-electron chi connectivity index (χ4n) is 3.39. The second-order valence-corrected chi connectivity index (χ2v) is 6.54. The van der Waals surface area contributed by atoms with Gasteiger partial charge in [-0.25, -0.2) is 0 Å². The van der Waals surface area contributed by atoms with Crippen molar-refractivity contribution in [1.82, 2.24) is 15.2 Å². The highest BCUT2D eigenvalue weighted by Gasteiger charge is 2.20. The zero-order chi connectivity index (χ0) is 17.6. The molecule has 3 aromatic rings. The molecule has 0 spiro atoms. The average molecular weight is 345 g/mol. The Bertz CT molecular complexity index is 850. The molecule has 4 rings (SSSR count). The maximum absolute atomic E-state index is 4.68. The van der Waals surface area contributed by atoms with Crippen LogP contribution in [0.5, 0.6) is 0 Å². The smallest absolute Gasteiger partial charge is 0.251 e. The molecule has 5 nitrogen and oxygen atoms in total. The van der Waals surface area contributed by atoms with Gasteiger partial charge in [-0.1, -0.05) is 48.5 Å². The first kappa shape index (κ1) is 16.5. The van der Waals surface area contributed by atoms with E-state index in [1.165, 1.54) is 16.8 Å². The Labute approximate surface area is 154 Å². The summed E-state index contributed by atoms with van der Waals surface area (Å²) in [4.78, 5) is 6.85. The maximum atomic E-state index is 4.68. The average Bonchev–Trinajstić information content (AvgIpc) is 2.72. The summed E-state index contributed by atoms with van der Waals surface area (Å²) in [7, 11) is 0. The third-order valence-corrected chi connectivity index (χ3v) is 4.69. The summed E-state index contributed by atoms with van der Waals surface area (Å²) < 4.78 is 0. The zero-order valence-corrected chi connectivity index (χ0v) is 14.8. The van der Waals surface area contributed by atoms with Crippen LogP contribution in [-0.2, 0) is 12.8 Å². The molecule has 1 aliphatic rings. The van der Waals surface area contributed by atoms with Gasteiger partial charge in [-0.05, 0) is 42.9 Å². The molecule has 0 aliphatic carbocycles. The zero-order valence-electron chi connectivity index (χ0n) is 14.8. The second kappa shape index (κ2) is 7.95. The standard InChI is InChI=1S/C21H23N5/c1-2-8-17(9-3-1)10-6-14-22-20-16-23-25-21(24-20)26-15-7-12-18-11-4-5-13-19(18)26/h1-5,8-9,11,13,16H,6-7,10,12,14-15H2,(H,22,24,25). The van der Waals surface area contributed by atoms with E-state index in [-0.39, 0.29) is 0 Å². The van der Waals surface area contributed by atoms with Crippen LogP contribution in [0.2, 0.25) is 0 Å². The van der Waals surface area contributed by atoms with Crippen LogP contribution in [0.3, 0.4) is 0 Å². The number of nitrogens with one attached hydrogen (secondary N) is 1. The van der Waals surface area contributed by atoms with Gasteiger partial charge in [0.1, 0.15) is 0 Å². The van der Waals surface area contributed by atoms with Gasteiger partial charge >= 0.3 is 0 Å². The van der Waals surface area contributed by atoms with Crippen LogP contribution >= 0.6 is 0 Å². The Morgan fingerprint density at radius 1 is 1.00 bits per heavy atom. The van der Waals surface area contributed by atoms with Gasteiger partial charge in [-0.15, -0.1) is 5.10 Å². The number of hydrogen-bond donors (Lipinski definition) is 1. The SMILES string of the molecule is c1ccc(CCCNc2cnnc(N3CCCc4ccccc43)n2)cc1. The van der Waals surface area contributed by atoms with Crippen LogP contribution < -0.4 is 10.2 Å². The number of hydrogen-bond acceptors (Lipinski definition) is 5. The van der Waals surface area contributed by atoms with Crippen LogP contribution in [-0.4, -0.2) is 28.3 Å². The van der Waals surface area contributed by atoms with Crippen molar-refractivity contribution in [3.63, 3.8) is 0 Å². The van der Waals surface area contributed by atoms with Crippen molar-refractivity contribution in [2.24, 2.45) is 0 Å². The molecule has 5 heteroatoms. The van der Waals surface area contributed by atoms with Crippen molar-refractivity contribution in [2.75, 3.05) is 23.3 Å². The van der Waals surface area contributed by atoms with Gasteiger partial charge in [-0.2, -0.15) is 10.1 Å². The maximum Gasteiger partial charge on any atom is 0.251 e. The second-order valence-electron chi connectivity index (χ2n) is 6.54. The van der Waals surface area contributed by atoms with Crippen molar-refractivity contribution >= 4 is 17.5 Å². The topological polar surface area (TPSA) is 53.9 Å². The monoisotopic (exact) mass is 345 g/mol. The number of nitrogens with zero attached hydrogens (tertiary/aromatic N) is 4. The van der Waals surface area contributed by atoms with Gasteiger partial charge < -0.3 is 10.2 Å². The van der Waals surface area contributed by atoms with Crippen molar-refractivity contribution in [2.45, 2.75) is 25.7 Å². The molecule has 132 valence electrons. The van der Waals surface area contributed by atoms with E-state index in [9.17, 15) is 0 Å². The molecule has 1 aliphatic heterocycles. The number of aryl methyl sites for hydroxylation is 2. The van der Waals surface area contributed by atoms with Gasteiger partial charge in [-0.3, -0.25) is 0 Å². The Morgan fingerprint density at radius 2 is 1.85 bits per heavy atom. The summed E-state index contributed by atoms with van der Waals surface area (Å²) in [6.07, 6.45) is 6.02. The first-order valence-electron chi connectivity index (χ1n) is 9.23. The Balaban J connectivity index is 1.40. The lowest BCUT2D eigenvalue weighted by Gasteiger charge is -2.29. The molecular weight excluding hydrogens is 322 g/mol. The lowest BCUT2D eigenvalue weighted by molar-refractivity contribution is 0.740. The molecule has 0 radical (unpaired) electrons. The molecular formula is C21H23N5. The van der Waals surface area contributed by atoms with Crippen LogP contribution in [0.15, 0.2) is 60.8 Å². The van der Waals surface area contributed by atoms with E-state index >= 15 is 0 Å². The fraction of sp³-hybridized carbons (Fsp3) is 0.286. The number of benzene rings is 2. The van der Waals surface area contributed by atoms with Crippen molar-refractivity contribution in [3.05, 3.63) is 71.9 Å². The normalized spacial score (nSPS) is 13.3. The predicted molar refractivity (Wildman–Crippen MR) is 105 cm³/mol. The molecule has 0 saturated heterocycles. The van der Waals surface area contributed by atoms with Crippen molar-refractivity contribution < 1.29 is 0 Å². The van der Waals surface area contributed by atoms with Crippen LogP contribution in [0.4, 0.5) is 17.5 Å². The Kier molecular flexibility index (Phi) is 5.05. The summed E-state index contributed by atoms with van der Waals surface area (Å²) in [5, 5.41) is 11.8. The number of anilines is 3. The highest BCUT2D eigenvalue weighted by molar-refractivity contribution is 5.63. The number of rotatable bonds is 6. The summed E-state index contributed by atoms with van der Waals surface area (Å²) in [5.74, 6) is 1.45. The van der Waals surface area contributed by atoms with Gasteiger partial charge in [0.05, 0.1) is 6.20 Å². The van der Waals surface area contributed by atoms with E-state index in [2.05, 4.69) is 80.0 Å². The first-order valence-corrected chi connectivity index (χ1v) is 9.23. The van der Waals surface area contributed by atoms with E-state index < -0.39 is 0 Å². The largest absolute Gasteiger partial charge is 0.369 e. The number of fused-ring (bicyclic) bond motifs is 1. The predicted octanol–water partition coefficient (Wildman–Crippen LogP) is 4.00. The molecule has 0 fully saturated rings. The Hall–Kier alpha value is -2.95.